The molecule has 2 aromatic carbocycles. The Morgan fingerprint density at radius 1 is 1.03 bits per heavy atom. The summed E-state index contributed by atoms with van der Waals surface area (Å²) >= 11 is 0. The van der Waals surface area contributed by atoms with Gasteiger partial charge in [0.1, 0.15) is 6.07 Å². The summed E-state index contributed by atoms with van der Waals surface area (Å²) in [4.78, 5) is 21.0. The van der Waals surface area contributed by atoms with Crippen LogP contribution in [0.15, 0.2) is 52.9 Å². The van der Waals surface area contributed by atoms with E-state index in [-0.39, 0.29) is 11.6 Å². The molecule has 1 aromatic heterocycles. The molecular weight excluding hydrogens is 364 g/mol. The smallest absolute Gasteiger partial charge is 0.253 e. The number of piperazine rings is 1. The zero-order valence-electron chi connectivity index (χ0n) is 16.6. The molecule has 0 bridgehead atoms. The van der Waals surface area contributed by atoms with Crippen molar-refractivity contribution in [1.29, 1.82) is 5.26 Å². The fourth-order valence-electron chi connectivity index (χ4n) is 3.49. The molecule has 2 heterocycles. The fraction of sp³-hybridized carbons (Fsp3) is 0.261. The number of anilines is 1. The second-order valence-corrected chi connectivity index (χ2v) is 7.30. The summed E-state index contributed by atoms with van der Waals surface area (Å²) in [6.07, 6.45) is 0. The average Bonchev–Trinajstić information content (AvgIpc) is 3.18. The van der Waals surface area contributed by atoms with Crippen LogP contribution in [-0.2, 0) is 0 Å². The number of amides is 1. The number of aromatic nitrogens is 1. The lowest BCUT2D eigenvalue weighted by Gasteiger charge is -2.34. The van der Waals surface area contributed by atoms with Crippen LogP contribution in [0, 0.1) is 25.2 Å². The molecule has 0 unspecified atom stereocenters. The predicted molar refractivity (Wildman–Crippen MR) is 111 cm³/mol. The van der Waals surface area contributed by atoms with Crippen molar-refractivity contribution < 1.29 is 9.21 Å². The van der Waals surface area contributed by atoms with E-state index in [1.54, 1.807) is 0 Å². The van der Waals surface area contributed by atoms with E-state index in [1.807, 2.05) is 72.2 Å². The molecule has 1 amide bonds. The first-order chi connectivity index (χ1) is 14.0. The van der Waals surface area contributed by atoms with Crippen molar-refractivity contribution in [3.8, 4) is 17.5 Å². The van der Waals surface area contributed by atoms with Gasteiger partial charge in [-0.15, -0.1) is 0 Å². The summed E-state index contributed by atoms with van der Waals surface area (Å²) in [5.74, 6) is 0.951. The van der Waals surface area contributed by atoms with Crippen LogP contribution in [0.3, 0.4) is 0 Å². The number of hydrogen-bond acceptors (Lipinski definition) is 5. The lowest BCUT2D eigenvalue weighted by molar-refractivity contribution is 0.0745. The number of aryl methyl sites for hydroxylation is 2. The van der Waals surface area contributed by atoms with Crippen molar-refractivity contribution in [3.63, 3.8) is 0 Å². The van der Waals surface area contributed by atoms with Gasteiger partial charge in [0.25, 0.3) is 5.91 Å². The molecule has 0 atom stereocenters. The quantitative estimate of drug-likeness (QED) is 0.685. The van der Waals surface area contributed by atoms with Crippen LogP contribution in [0.5, 0.6) is 0 Å². The Morgan fingerprint density at radius 2 is 1.76 bits per heavy atom. The van der Waals surface area contributed by atoms with Gasteiger partial charge in [-0.2, -0.15) is 10.2 Å². The summed E-state index contributed by atoms with van der Waals surface area (Å²) in [6.45, 7) is 6.32. The first-order valence-corrected chi connectivity index (χ1v) is 9.64. The molecule has 146 valence electrons. The standard InChI is InChI=1S/C23H22N4O2/c1-16-6-8-18(9-7-16)21-25-20(15-24)23(29-21)27-12-10-26(11-13-27)22(28)19-5-3-4-17(2)14-19/h3-9,14H,10-13H2,1-2H3. The Balaban J connectivity index is 1.49. The molecule has 0 N–H and O–H groups in total. The molecule has 0 aliphatic carbocycles. The van der Waals surface area contributed by atoms with Crippen LogP contribution in [0.4, 0.5) is 5.88 Å². The molecule has 3 aromatic rings. The summed E-state index contributed by atoms with van der Waals surface area (Å²) in [6, 6.07) is 17.6. The summed E-state index contributed by atoms with van der Waals surface area (Å²) in [5, 5.41) is 9.50. The minimum absolute atomic E-state index is 0.0340. The summed E-state index contributed by atoms with van der Waals surface area (Å²) in [7, 11) is 0. The third-order valence-corrected chi connectivity index (χ3v) is 5.13. The highest BCUT2D eigenvalue weighted by molar-refractivity contribution is 5.94. The van der Waals surface area contributed by atoms with E-state index < -0.39 is 0 Å². The van der Waals surface area contributed by atoms with Gasteiger partial charge in [0.05, 0.1) is 0 Å². The van der Waals surface area contributed by atoms with Crippen molar-refractivity contribution in [1.82, 2.24) is 9.88 Å². The minimum atomic E-state index is 0.0340. The zero-order valence-corrected chi connectivity index (χ0v) is 16.6. The van der Waals surface area contributed by atoms with Gasteiger partial charge in [0.15, 0.2) is 0 Å². The lowest BCUT2D eigenvalue weighted by Crippen LogP contribution is -2.48. The highest BCUT2D eigenvalue weighted by atomic mass is 16.4. The molecule has 0 spiro atoms. The van der Waals surface area contributed by atoms with E-state index in [0.717, 1.165) is 16.7 Å². The van der Waals surface area contributed by atoms with E-state index in [2.05, 4.69) is 11.1 Å². The number of oxazole rings is 1. The van der Waals surface area contributed by atoms with Crippen LogP contribution < -0.4 is 4.90 Å². The van der Waals surface area contributed by atoms with Gasteiger partial charge in [0.2, 0.25) is 17.5 Å². The third-order valence-electron chi connectivity index (χ3n) is 5.13. The van der Waals surface area contributed by atoms with Crippen molar-refractivity contribution in [2.24, 2.45) is 0 Å². The van der Waals surface area contributed by atoms with Gasteiger partial charge in [-0.25, -0.2) is 0 Å². The highest BCUT2D eigenvalue weighted by Gasteiger charge is 2.27. The Bertz CT molecular complexity index is 1070. The number of hydrogen-bond donors (Lipinski definition) is 0. The SMILES string of the molecule is Cc1ccc(-c2nc(C#N)c(N3CCN(C(=O)c4cccc(C)c4)CC3)o2)cc1. The molecule has 4 rings (SSSR count). The molecular formula is C23H22N4O2. The van der Waals surface area contributed by atoms with Crippen molar-refractivity contribution in [3.05, 3.63) is 70.9 Å². The maximum atomic E-state index is 12.8. The lowest BCUT2D eigenvalue weighted by atomic mass is 10.1. The van der Waals surface area contributed by atoms with Gasteiger partial charge in [-0.3, -0.25) is 4.79 Å². The van der Waals surface area contributed by atoms with Crippen LogP contribution in [-0.4, -0.2) is 42.0 Å². The van der Waals surface area contributed by atoms with Gasteiger partial charge in [0, 0.05) is 37.3 Å². The number of rotatable bonds is 3. The maximum absolute atomic E-state index is 12.8. The third kappa shape index (κ3) is 3.85. The number of carbonyl (C=O) groups excluding carboxylic acids is 1. The Kier molecular flexibility index (Phi) is 5.05. The van der Waals surface area contributed by atoms with E-state index >= 15 is 0 Å². The Hall–Kier alpha value is -3.59. The van der Waals surface area contributed by atoms with Gasteiger partial charge < -0.3 is 14.2 Å². The number of benzene rings is 2. The second kappa shape index (κ2) is 7.80. The van der Waals surface area contributed by atoms with Crippen molar-refractivity contribution in [2.75, 3.05) is 31.1 Å². The van der Waals surface area contributed by atoms with Gasteiger partial charge in [-0.1, -0.05) is 35.4 Å². The molecule has 1 aliphatic rings. The second-order valence-electron chi connectivity index (χ2n) is 7.30. The van der Waals surface area contributed by atoms with Gasteiger partial charge in [-0.05, 0) is 38.1 Å². The first-order valence-electron chi connectivity index (χ1n) is 9.64. The number of nitriles is 1. The zero-order chi connectivity index (χ0) is 20.4. The topological polar surface area (TPSA) is 73.4 Å². The largest absolute Gasteiger partial charge is 0.419 e. The molecule has 6 nitrogen and oxygen atoms in total. The van der Waals surface area contributed by atoms with Gasteiger partial charge >= 0.3 is 0 Å². The normalized spacial score (nSPS) is 14.0. The summed E-state index contributed by atoms with van der Waals surface area (Å²) < 4.78 is 5.96. The maximum Gasteiger partial charge on any atom is 0.253 e. The van der Waals surface area contributed by atoms with E-state index in [9.17, 15) is 10.1 Å². The Morgan fingerprint density at radius 3 is 2.41 bits per heavy atom. The van der Waals surface area contributed by atoms with E-state index in [1.165, 1.54) is 0 Å². The average molecular weight is 386 g/mol. The van der Waals surface area contributed by atoms with Crippen LogP contribution in [0.25, 0.3) is 11.5 Å². The van der Waals surface area contributed by atoms with Crippen LogP contribution >= 0.6 is 0 Å². The van der Waals surface area contributed by atoms with E-state index in [0.29, 0.717) is 43.5 Å². The first kappa shape index (κ1) is 18.8. The molecule has 1 aliphatic heterocycles. The number of carbonyl (C=O) groups is 1. The minimum Gasteiger partial charge on any atom is -0.419 e. The molecule has 1 saturated heterocycles. The molecule has 0 saturated carbocycles. The van der Waals surface area contributed by atoms with Crippen molar-refractivity contribution in [2.45, 2.75) is 13.8 Å². The monoisotopic (exact) mass is 386 g/mol. The van der Waals surface area contributed by atoms with Crippen molar-refractivity contribution >= 4 is 11.8 Å². The Labute approximate surface area is 170 Å². The molecule has 29 heavy (non-hydrogen) atoms. The fourth-order valence-corrected chi connectivity index (χ4v) is 3.49. The molecule has 6 heteroatoms. The predicted octanol–water partition coefficient (Wildman–Crippen LogP) is 3.79. The molecule has 1 fully saturated rings. The van der Waals surface area contributed by atoms with Crippen LogP contribution in [0.2, 0.25) is 0 Å². The number of nitrogens with zero attached hydrogens (tertiary/aromatic N) is 4. The van der Waals surface area contributed by atoms with Crippen LogP contribution in [0.1, 0.15) is 27.2 Å². The van der Waals surface area contributed by atoms with E-state index in [4.69, 9.17) is 4.42 Å². The summed E-state index contributed by atoms with van der Waals surface area (Å²) in [5.41, 5.74) is 4.04. The highest BCUT2D eigenvalue weighted by Crippen LogP contribution is 2.29. The molecule has 0 radical (unpaired) electrons.